The van der Waals surface area contributed by atoms with Gasteiger partial charge >= 0.3 is 0 Å². The summed E-state index contributed by atoms with van der Waals surface area (Å²) in [4.78, 5) is 22.9. The molecule has 2 fully saturated rings. The molecule has 0 aliphatic carbocycles. The van der Waals surface area contributed by atoms with Crippen LogP contribution in [0.15, 0.2) is 42.9 Å². The summed E-state index contributed by atoms with van der Waals surface area (Å²) >= 11 is 0. The molecule has 2 aliphatic heterocycles. The van der Waals surface area contributed by atoms with E-state index in [1.807, 2.05) is 6.07 Å². The van der Waals surface area contributed by atoms with Crippen molar-refractivity contribution in [2.45, 2.75) is 38.8 Å². The van der Waals surface area contributed by atoms with Crippen LogP contribution in [0.2, 0.25) is 0 Å². The summed E-state index contributed by atoms with van der Waals surface area (Å²) < 4.78 is 0. The molecular formula is C24H30N8. The molecule has 0 amide bonds. The van der Waals surface area contributed by atoms with Crippen molar-refractivity contribution >= 4 is 23.3 Å². The zero-order valence-corrected chi connectivity index (χ0v) is 18.9. The van der Waals surface area contributed by atoms with E-state index < -0.39 is 0 Å². The first-order valence-electron chi connectivity index (χ1n) is 11.3. The van der Waals surface area contributed by atoms with E-state index in [9.17, 15) is 0 Å². The number of anilines is 4. The van der Waals surface area contributed by atoms with Crippen LogP contribution in [0.5, 0.6) is 0 Å². The molecule has 0 unspecified atom stereocenters. The van der Waals surface area contributed by atoms with E-state index in [0.29, 0.717) is 24.0 Å². The first kappa shape index (κ1) is 20.6. The van der Waals surface area contributed by atoms with Gasteiger partial charge in [-0.25, -0.2) is 19.9 Å². The number of aryl methyl sites for hydroxylation is 1. The monoisotopic (exact) mass is 430 g/mol. The Morgan fingerprint density at radius 1 is 1.03 bits per heavy atom. The third-order valence-corrected chi connectivity index (χ3v) is 6.41. The molecule has 4 heterocycles. The van der Waals surface area contributed by atoms with Crippen molar-refractivity contribution in [1.29, 1.82) is 0 Å². The molecule has 0 spiro atoms. The second kappa shape index (κ2) is 8.70. The third-order valence-electron chi connectivity index (χ3n) is 6.41. The lowest BCUT2D eigenvalue weighted by Gasteiger charge is -2.34. The number of hydrogen-bond acceptors (Lipinski definition) is 8. The fourth-order valence-corrected chi connectivity index (χ4v) is 4.71. The van der Waals surface area contributed by atoms with E-state index in [-0.39, 0.29) is 0 Å². The molecule has 32 heavy (non-hydrogen) atoms. The average molecular weight is 431 g/mol. The predicted molar refractivity (Wildman–Crippen MR) is 128 cm³/mol. The molecule has 8 heteroatoms. The highest BCUT2D eigenvalue weighted by molar-refractivity contribution is 5.66. The summed E-state index contributed by atoms with van der Waals surface area (Å²) in [5.41, 5.74) is 5.23. The Morgan fingerprint density at radius 2 is 1.88 bits per heavy atom. The Labute approximate surface area is 189 Å². The number of fused-ring (bicyclic) bond motifs is 2. The molecular weight excluding hydrogens is 400 g/mol. The number of likely N-dealkylation sites (tertiary alicyclic amines) is 1. The Balaban J connectivity index is 1.29. The molecule has 0 saturated carbocycles. The van der Waals surface area contributed by atoms with Gasteiger partial charge in [-0.05, 0) is 56.6 Å². The number of likely N-dealkylation sites (N-methyl/N-ethyl adjacent to an activating group) is 1. The first-order chi connectivity index (χ1) is 15.6. The van der Waals surface area contributed by atoms with E-state index in [4.69, 9.17) is 0 Å². The molecule has 5 rings (SSSR count). The van der Waals surface area contributed by atoms with E-state index in [2.05, 4.69) is 79.5 Å². The highest BCUT2D eigenvalue weighted by Crippen LogP contribution is 2.36. The van der Waals surface area contributed by atoms with Crippen LogP contribution in [0, 0.1) is 6.92 Å². The molecule has 2 atom stereocenters. The second-order valence-corrected chi connectivity index (χ2v) is 8.75. The molecule has 2 bridgehead atoms. The number of rotatable bonds is 7. The molecule has 2 saturated heterocycles. The third kappa shape index (κ3) is 4.10. The fraction of sp³-hybridized carbons (Fsp3) is 0.417. The normalized spacial score (nSPS) is 20.0. The van der Waals surface area contributed by atoms with Gasteiger partial charge in [0.2, 0.25) is 11.9 Å². The Morgan fingerprint density at radius 3 is 2.56 bits per heavy atom. The van der Waals surface area contributed by atoms with Crippen LogP contribution in [-0.4, -0.2) is 63.6 Å². The van der Waals surface area contributed by atoms with Crippen LogP contribution >= 0.6 is 0 Å². The van der Waals surface area contributed by atoms with E-state index in [0.717, 1.165) is 43.0 Å². The maximum atomic E-state index is 4.66. The Hall–Kier alpha value is -3.26. The number of aromatic nitrogens is 4. The molecule has 2 aromatic heterocycles. The molecule has 1 aromatic carbocycles. The van der Waals surface area contributed by atoms with Gasteiger partial charge in [0.1, 0.15) is 0 Å². The van der Waals surface area contributed by atoms with Crippen molar-refractivity contribution in [3.63, 3.8) is 0 Å². The fourth-order valence-electron chi connectivity index (χ4n) is 4.71. The zero-order chi connectivity index (χ0) is 22.1. The lowest BCUT2D eigenvalue weighted by Crippen LogP contribution is -2.44. The lowest BCUT2D eigenvalue weighted by atomic mass is 10.1. The van der Waals surface area contributed by atoms with Crippen LogP contribution in [0.3, 0.4) is 0 Å². The van der Waals surface area contributed by atoms with Crippen LogP contribution in [-0.2, 0) is 0 Å². The van der Waals surface area contributed by atoms with E-state index in [1.165, 1.54) is 17.7 Å². The molecule has 0 radical (unpaired) electrons. The summed E-state index contributed by atoms with van der Waals surface area (Å²) in [6.45, 7) is 7.42. The number of nitrogens with one attached hydrogen (secondary N) is 2. The van der Waals surface area contributed by atoms with Crippen LogP contribution in [0.4, 0.5) is 23.3 Å². The topological polar surface area (TPSA) is 82.1 Å². The molecule has 8 nitrogen and oxygen atoms in total. The lowest BCUT2D eigenvalue weighted by molar-refractivity contribution is 0.292. The SMILES string of the molecule is CCCNc1ncc(-c2ccnc(Nc3ccc(N4C[C@@H]5C[C@H]4CN5C)c(C)c3)n2)cn1. The van der Waals surface area contributed by atoms with Crippen molar-refractivity contribution < 1.29 is 0 Å². The van der Waals surface area contributed by atoms with Crippen molar-refractivity contribution in [3.8, 4) is 11.3 Å². The van der Waals surface area contributed by atoms with Gasteiger partial charge < -0.3 is 15.5 Å². The van der Waals surface area contributed by atoms with Gasteiger partial charge in [-0.15, -0.1) is 0 Å². The quantitative estimate of drug-likeness (QED) is 0.587. The smallest absolute Gasteiger partial charge is 0.227 e. The first-order valence-corrected chi connectivity index (χ1v) is 11.3. The van der Waals surface area contributed by atoms with Gasteiger partial charge in [0.05, 0.1) is 5.69 Å². The summed E-state index contributed by atoms with van der Waals surface area (Å²) in [5.74, 6) is 1.20. The molecule has 2 N–H and O–H groups in total. The molecule has 3 aromatic rings. The van der Waals surface area contributed by atoms with Gasteiger partial charge in [-0.1, -0.05) is 6.92 Å². The Bertz CT molecular complexity index is 1080. The summed E-state index contributed by atoms with van der Waals surface area (Å²) in [5, 5.41) is 6.54. The van der Waals surface area contributed by atoms with Crippen molar-refractivity contribution in [2.75, 3.05) is 42.2 Å². The zero-order valence-electron chi connectivity index (χ0n) is 18.9. The Kier molecular flexibility index (Phi) is 5.61. The minimum Gasteiger partial charge on any atom is -0.365 e. The van der Waals surface area contributed by atoms with Crippen molar-refractivity contribution in [3.05, 3.63) is 48.4 Å². The maximum Gasteiger partial charge on any atom is 0.227 e. The van der Waals surface area contributed by atoms with E-state index >= 15 is 0 Å². The van der Waals surface area contributed by atoms with Gasteiger partial charge in [-0.2, -0.15) is 0 Å². The van der Waals surface area contributed by atoms with Crippen LogP contribution in [0.1, 0.15) is 25.3 Å². The summed E-state index contributed by atoms with van der Waals surface area (Å²) in [6, 6.07) is 9.71. The average Bonchev–Trinajstić information content (AvgIpc) is 3.38. The van der Waals surface area contributed by atoms with Gasteiger partial charge in [-0.3, -0.25) is 4.90 Å². The van der Waals surface area contributed by atoms with E-state index in [1.54, 1.807) is 18.6 Å². The second-order valence-electron chi connectivity index (χ2n) is 8.75. The largest absolute Gasteiger partial charge is 0.365 e. The standard InChI is InChI=1S/C24H30N8/c1-4-8-25-23-27-12-17(13-28-23)21-7-9-26-24(30-21)29-18-5-6-22(16(2)10-18)32-15-19-11-20(32)14-31(19)3/h5-7,9-10,12-13,19-20H,4,8,11,14-15H2,1-3H3,(H,25,27,28)(H,26,29,30)/t19-,20-/m0/s1. The van der Waals surface area contributed by atoms with Crippen LogP contribution < -0.4 is 15.5 Å². The predicted octanol–water partition coefficient (Wildman–Crippen LogP) is 3.70. The molecule has 166 valence electrons. The highest BCUT2D eigenvalue weighted by Gasteiger charge is 2.41. The minimum absolute atomic E-state index is 0.560. The molecule has 2 aliphatic rings. The van der Waals surface area contributed by atoms with Crippen LogP contribution in [0.25, 0.3) is 11.3 Å². The number of hydrogen-bond donors (Lipinski definition) is 2. The maximum absolute atomic E-state index is 4.66. The van der Waals surface area contributed by atoms with Crippen molar-refractivity contribution in [1.82, 2.24) is 24.8 Å². The van der Waals surface area contributed by atoms with Crippen molar-refractivity contribution in [2.24, 2.45) is 0 Å². The summed E-state index contributed by atoms with van der Waals surface area (Å²) in [6.07, 6.45) is 7.64. The highest BCUT2D eigenvalue weighted by atomic mass is 15.3. The number of benzene rings is 1. The minimum atomic E-state index is 0.560. The van der Waals surface area contributed by atoms with Gasteiger partial charge in [0.15, 0.2) is 0 Å². The number of nitrogens with zero attached hydrogens (tertiary/aromatic N) is 6. The van der Waals surface area contributed by atoms with Gasteiger partial charge in [0.25, 0.3) is 0 Å². The van der Waals surface area contributed by atoms with Gasteiger partial charge in [0, 0.05) is 67.2 Å². The summed E-state index contributed by atoms with van der Waals surface area (Å²) in [7, 11) is 2.24. The number of piperazine rings is 1.